The van der Waals surface area contributed by atoms with E-state index in [0.717, 1.165) is 31.1 Å². The molecule has 4 amide bonds. The minimum atomic E-state index is -0.973. The summed E-state index contributed by atoms with van der Waals surface area (Å²) in [4.78, 5) is 44.2. The summed E-state index contributed by atoms with van der Waals surface area (Å²) in [6, 6.07) is -0.523. The fourth-order valence-electron chi connectivity index (χ4n) is 4.21. The molecule has 28 heavy (non-hydrogen) atoms. The Kier molecular flexibility index (Phi) is 5.97. The Morgan fingerprint density at radius 3 is 2.36 bits per heavy atom. The van der Waals surface area contributed by atoms with Crippen LogP contribution in [0.3, 0.4) is 0 Å². The number of aliphatic hydroxyl groups is 1. The predicted molar refractivity (Wildman–Crippen MR) is 104 cm³/mol. The van der Waals surface area contributed by atoms with Gasteiger partial charge in [-0.2, -0.15) is 0 Å². The molecule has 0 aromatic carbocycles. The Morgan fingerprint density at radius 1 is 1.07 bits per heavy atom. The van der Waals surface area contributed by atoms with Gasteiger partial charge in [-0.3, -0.25) is 19.4 Å². The van der Waals surface area contributed by atoms with Gasteiger partial charge in [0, 0.05) is 45.8 Å². The number of amides is 4. The second-order valence-electron chi connectivity index (χ2n) is 8.98. The number of urea groups is 1. The zero-order valence-corrected chi connectivity index (χ0v) is 17.2. The van der Waals surface area contributed by atoms with Crippen LogP contribution in [0.1, 0.15) is 33.1 Å². The lowest BCUT2D eigenvalue weighted by atomic mass is 9.94. The van der Waals surface area contributed by atoms with Crippen LogP contribution in [0.25, 0.3) is 0 Å². The first-order valence-electron chi connectivity index (χ1n) is 10.1. The van der Waals surface area contributed by atoms with Crippen molar-refractivity contribution < 1.29 is 19.5 Å². The number of rotatable bonds is 4. The van der Waals surface area contributed by atoms with Crippen molar-refractivity contribution in [2.24, 2.45) is 0 Å². The fraction of sp³-hybridized carbons (Fsp3) is 0.842. The molecule has 0 unspecified atom stereocenters. The van der Waals surface area contributed by atoms with Gasteiger partial charge in [-0.15, -0.1) is 0 Å². The Labute approximate surface area is 166 Å². The highest BCUT2D eigenvalue weighted by molar-refractivity contribution is 6.08. The Bertz CT molecular complexity index is 632. The van der Waals surface area contributed by atoms with Crippen molar-refractivity contribution in [1.82, 2.24) is 24.9 Å². The van der Waals surface area contributed by atoms with Crippen LogP contribution in [0.2, 0.25) is 0 Å². The summed E-state index contributed by atoms with van der Waals surface area (Å²) in [6.07, 6.45) is 1.87. The van der Waals surface area contributed by atoms with Gasteiger partial charge in [0.25, 0.3) is 5.91 Å². The van der Waals surface area contributed by atoms with Gasteiger partial charge in [0.15, 0.2) is 0 Å². The van der Waals surface area contributed by atoms with E-state index in [1.165, 1.54) is 0 Å². The zero-order chi connectivity index (χ0) is 20.5. The second-order valence-corrected chi connectivity index (χ2v) is 8.98. The summed E-state index contributed by atoms with van der Waals surface area (Å²) in [5.41, 5.74) is -1.77. The van der Waals surface area contributed by atoms with E-state index in [2.05, 4.69) is 22.2 Å². The van der Waals surface area contributed by atoms with E-state index in [9.17, 15) is 19.5 Å². The van der Waals surface area contributed by atoms with E-state index in [0.29, 0.717) is 38.9 Å². The smallest absolute Gasteiger partial charge is 0.325 e. The quantitative estimate of drug-likeness (QED) is 0.612. The van der Waals surface area contributed by atoms with E-state index in [1.807, 2.05) is 0 Å². The highest BCUT2D eigenvalue weighted by Gasteiger charge is 2.45. The number of imide groups is 1. The molecule has 3 aliphatic rings. The first-order chi connectivity index (χ1) is 13.1. The lowest BCUT2D eigenvalue weighted by molar-refractivity contribution is -0.138. The molecule has 3 heterocycles. The molecule has 0 spiro atoms. The van der Waals surface area contributed by atoms with Gasteiger partial charge in [-0.1, -0.05) is 0 Å². The summed E-state index contributed by atoms with van der Waals surface area (Å²) in [7, 11) is 2.10. The first kappa shape index (κ1) is 21.0. The predicted octanol–water partition coefficient (Wildman–Crippen LogP) is -0.692. The highest BCUT2D eigenvalue weighted by Crippen LogP contribution is 2.25. The summed E-state index contributed by atoms with van der Waals surface area (Å²) in [5, 5.41) is 13.7. The molecule has 0 radical (unpaired) electrons. The molecule has 158 valence electrons. The lowest BCUT2D eigenvalue weighted by Gasteiger charge is -2.38. The number of nitrogens with one attached hydrogen (secondary N) is 1. The molecule has 0 aliphatic carbocycles. The maximum absolute atomic E-state index is 12.7. The van der Waals surface area contributed by atoms with Crippen molar-refractivity contribution in [3.05, 3.63) is 0 Å². The topological polar surface area (TPSA) is 96.4 Å². The third kappa shape index (κ3) is 4.64. The van der Waals surface area contributed by atoms with Crippen LogP contribution in [-0.2, 0) is 9.59 Å². The minimum absolute atomic E-state index is 0.245. The minimum Gasteiger partial charge on any atom is -0.388 e. The number of β-amino-alcohol motifs (C(OH)–C–C–N with tert-alkyl or cyclic N) is 1. The van der Waals surface area contributed by atoms with E-state index in [-0.39, 0.29) is 18.4 Å². The maximum atomic E-state index is 12.7. The largest absolute Gasteiger partial charge is 0.388 e. The fourth-order valence-corrected chi connectivity index (χ4v) is 4.21. The molecule has 9 heteroatoms. The van der Waals surface area contributed by atoms with E-state index in [1.54, 1.807) is 18.7 Å². The van der Waals surface area contributed by atoms with Gasteiger partial charge in [-0.05, 0) is 40.2 Å². The average molecular weight is 396 g/mol. The Hall–Kier alpha value is -1.71. The van der Waals surface area contributed by atoms with E-state index in [4.69, 9.17) is 0 Å². The van der Waals surface area contributed by atoms with Gasteiger partial charge < -0.3 is 20.2 Å². The van der Waals surface area contributed by atoms with Gasteiger partial charge >= 0.3 is 6.03 Å². The van der Waals surface area contributed by atoms with Crippen LogP contribution in [0, 0.1) is 0 Å². The zero-order valence-electron chi connectivity index (χ0n) is 17.2. The summed E-state index contributed by atoms with van der Waals surface area (Å²) in [6.45, 7) is 8.52. The van der Waals surface area contributed by atoms with Gasteiger partial charge in [0.05, 0.1) is 5.60 Å². The molecule has 1 atom stereocenters. The average Bonchev–Trinajstić information content (AvgIpc) is 2.77. The maximum Gasteiger partial charge on any atom is 0.325 e. The Morgan fingerprint density at radius 2 is 1.75 bits per heavy atom. The van der Waals surface area contributed by atoms with E-state index >= 15 is 0 Å². The van der Waals surface area contributed by atoms with Crippen molar-refractivity contribution in [1.29, 1.82) is 0 Å². The van der Waals surface area contributed by atoms with Crippen LogP contribution in [0.4, 0.5) is 4.79 Å². The van der Waals surface area contributed by atoms with Crippen LogP contribution in [-0.4, -0.2) is 113 Å². The number of carbonyl (C=O) groups excluding carboxylic acids is 3. The SMILES string of the molecule is CN1CCN(C[C@@]2(O)CCCN(C(=O)CN3C(=O)NC(C)(C)C3=O)CC2)CC1. The molecule has 3 rings (SSSR count). The van der Waals surface area contributed by atoms with Crippen molar-refractivity contribution in [2.45, 2.75) is 44.2 Å². The molecule has 0 bridgehead atoms. The van der Waals surface area contributed by atoms with Crippen LogP contribution in [0.15, 0.2) is 0 Å². The first-order valence-corrected chi connectivity index (χ1v) is 10.1. The lowest BCUT2D eigenvalue weighted by Crippen LogP contribution is -2.51. The second kappa shape index (κ2) is 7.96. The van der Waals surface area contributed by atoms with Crippen LogP contribution < -0.4 is 5.32 Å². The molecule has 3 aliphatic heterocycles. The number of nitrogens with zero attached hydrogens (tertiary/aromatic N) is 4. The third-order valence-electron chi connectivity index (χ3n) is 6.12. The molecular formula is C19H33N5O4. The molecule has 3 saturated heterocycles. The molecule has 0 saturated carbocycles. The Balaban J connectivity index is 1.54. The van der Waals surface area contributed by atoms with Crippen LogP contribution >= 0.6 is 0 Å². The standard InChI is InChI=1S/C19H33N5O4/c1-18(2)16(26)24(17(27)20-18)13-15(25)23-7-4-5-19(28,6-8-23)14-22-11-9-21(3)10-12-22/h28H,4-14H2,1-3H3,(H,20,27)/t19-/m1/s1. The molecule has 2 N–H and O–H groups in total. The molecule has 9 nitrogen and oxygen atoms in total. The number of hydrogen-bond acceptors (Lipinski definition) is 6. The number of carbonyl (C=O) groups is 3. The molecule has 0 aromatic rings. The van der Waals surface area contributed by atoms with Gasteiger partial charge in [-0.25, -0.2) is 4.79 Å². The highest BCUT2D eigenvalue weighted by atomic mass is 16.3. The summed E-state index contributed by atoms with van der Waals surface area (Å²) >= 11 is 0. The number of hydrogen-bond donors (Lipinski definition) is 2. The number of likely N-dealkylation sites (tertiary alicyclic amines) is 1. The molecular weight excluding hydrogens is 362 g/mol. The third-order valence-corrected chi connectivity index (χ3v) is 6.12. The van der Waals surface area contributed by atoms with Crippen molar-refractivity contribution >= 4 is 17.8 Å². The summed E-state index contributed by atoms with van der Waals surface area (Å²) in [5.74, 6) is -0.628. The van der Waals surface area contributed by atoms with Crippen LogP contribution in [0.5, 0.6) is 0 Å². The summed E-state index contributed by atoms with van der Waals surface area (Å²) < 4.78 is 0. The molecule has 0 aromatic heterocycles. The van der Waals surface area contributed by atoms with Gasteiger partial charge in [0.2, 0.25) is 5.91 Å². The number of likely N-dealkylation sites (N-methyl/N-ethyl adjacent to an activating group) is 1. The normalized spacial score (nSPS) is 29.7. The van der Waals surface area contributed by atoms with Crippen molar-refractivity contribution in [2.75, 3.05) is 59.4 Å². The van der Waals surface area contributed by atoms with Crippen molar-refractivity contribution in [3.63, 3.8) is 0 Å². The number of piperazine rings is 1. The van der Waals surface area contributed by atoms with Gasteiger partial charge in [0.1, 0.15) is 12.1 Å². The van der Waals surface area contributed by atoms with Crippen molar-refractivity contribution in [3.8, 4) is 0 Å². The molecule has 3 fully saturated rings. The monoisotopic (exact) mass is 395 g/mol. The van der Waals surface area contributed by atoms with E-state index < -0.39 is 17.2 Å².